The zero-order chi connectivity index (χ0) is 19.9. The van der Waals surface area contributed by atoms with Gasteiger partial charge in [0.15, 0.2) is 0 Å². The number of carbonyl (C=O) groups is 1. The molecule has 0 atom stereocenters. The van der Waals surface area contributed by atoms with Crippen LogP contribution in [0.25, 0.3) is 0 Å². The van der Waals surface area contributed by atoms with Crippen LogP contribution in [0.4, 0.5) is 10.5 Å². The quantitative estimate of drug-likeness (QED) is 0.847. The van der Waals surface area contributed by atoms with Crippen LogP contribution in [0, 0.1) is 17.2 Å². The Morgan fingerprint density at radius 1 is 1.21 bits per heavy atom. The summed E-state index contributed by atoms with van der Waals surface area (Å²) in [5.41, 5.74) is 1.63. The predicted molar refractivity (Wildman–Crippen MR) is 108 cm³/mol. The van der Waals surface area contributed by atoms with E-state index >= 15 is 0 Å². The third kappa shape index (κ3) is 3.95. The lowest BCUT2D eigenvalue weighted by Crippen LogP contribution is -2.67. The number of nitrogens with one attached hydrogen (secondary N) is 1. The minimum absolute atomic E-state index is 0.199. The Morgan fingerprint density at radius 2 is 1.86 bits per heavy atom. The van der Waals surface area contributed by atoms with Gasteiger partial charge in [-0.25, -0.2) is 4.79 Å². The minimum Gasteiger partial charge on any atom is -0.444 e. The van der Waals surface area contributed by atoms with Crippen molar-refractivity contribution in [2.75, 3.05) is 38.0 Å². The molecule has 0 spiro atoms. The summed E-state index contributed by atoms with van der Waals surface area (Å²) in [5, 5.41) is 12.8. The van der Waals surface area contributed by atoms with E-state index in [0.717, 1.165) is 56.8 Å². The summed E-state index contributed by atoms with van der Waals surface area (Å²) >= 11 is 0. The summed E-state index contributed by atoms with van der Waals surface area (Å²) in [6, 6.07) is 11.3. The molecule has 2 saturated heterocycles. The summed E-state index contributed by atoms with van der Waals surface area (Å²) in [6.07, 6.45) is 1.77. The largest absolute Gasteiger partial charge is 0.444 e. The average Bonchev–Trinajstić information content (AvgIpc) is 3.34. The first-order valence-corrected chi connectivity index (χ1v) is 10.3. The number of likely N-dealkylation sites (tertiary alicyclic amines) is 2. The first-order valence-electron chi connectivity index (χ1n) is 10.3. The van der Waals surface area contributed by atoms with E-state index in [2.05, 4.69) is 40.6 Å². The number of benzene rings is 1. The molecule has 1 saturated carbocycles. The number of amides is 1. The fraction of sp³-hybridized carbons (Fsp3) is 0.636. The molecule has 28 heavy (non-hydrogen) atoms. The second kappa shape index (κ2) is 6.97. The van der Waals surface area contributed by atoms with Crippen molar-refractivity contribution in [3.63, 3.8) is 0 Å². The Labute approximate surface area is 167 Å². The lowest BCUT2D eigenvalue weighted by atomic mass is 9.94. The number of hydrogen-bond donors (Lipinski definition) is 1. The van der Waals surface area contributed by atoms with Gasteiger partial charge < -0.3 is 15.0 Å². The Balaban J connectivity index is 1.14. The first kappa shape index (κ1) is 19.1. The number of anilines is 1. The molecule has 1 aliphatic carbocycles. The Hall–Kier alpha value is -2.26. The highest BCUT2D eigenvalue weighted by atomic mass is 16.6. The zero-order valence-electron chi connectivity index (χ0n) is 17.1. The Kier molecular flexibility index (Phi) is 4.75. The number of ether oxygens (including phenoxy) is 1. The summed E-state index contributed by atoms with van der Waals surface area (Å²) in [7, 11) is 0. The van der Waals surface area contributed by atoms with Gasteiger partial charge in [-0.05, 0) is 51.3 Å². The minimum atomic E-state index is -0.429. The van der Waals surface area contributed by atoms with Gasteiger partial charge in [0.1, 0.15) is 5.60 Å². The molecule has 4 rings (SSSR count). The summed E-state index contributed by atoms with van der Waals surface area (Å²) in [4.78, 5) is 16.3. The maximum absolute atomic E-state index is 12.0. The second-order valence-electron chi connectivity index (χ2n) is 9.51. The molecule has 0 unspecified atom stereocenters. The third-order valence-corrected chi connectivity index (χ3v) is 6.01. The molecule has 1 aromatic rings. The molecule has 0 bridgehead atoms. The number of rotatable bonds is 5. The normalized spacial score (nSPS) is 22.0. The van der Waals surface area contributed by atoms with Gasteiger partial charge >= 0.3 is 6.09 Å². The van der Waals surface area contributed by atoms with E-state index in [4.69, 9.17) is 4.74 Å². The molecule has 6 nitrogen and oxygen atoms in total. The van der Waals surface area contributed by atoms with Crippen LogP contribution in [0.15, 0.2) is 24.3 Å². The van der Waals surface area contributed by atoms with E-state index in [1.807, 2.05) is 20.8 Å². The Morgan fingerprint density at radius 3 is 2.39 bits per heavy atom. The molecule has 1 amide bonds. The van der Waals surface area contributed by atoms with Crippen molar-refractivity contribution in [3.8, 4) is 6.07 Å². The summed E-state index contributed by atoms with van der Waals surface area (Å²) in [5.74, 6) is 0.643. The lowest BCUT2D eigenvalue weighted by Gasteiger charge is -2.51. The van der Waals surface area contributed by atoms with E-state index in [9.17, 15) is 10.1 Å². The van der Waals surface area contributed by atoms with Crippen LogP contribution in [-0.2, 0) is 10.2 Å². The molecule has 1 aromatic carbocycles. The van der Waals surface area contributed by atoms with Gasteiger partial charge in [-0.3, -0.25) is 4.90 Å². The molecule has 3 aliphatic rings. The monoisotopic (exact) mass is 382 g/mol. The highest BCUT2D eigenvalue weighted by Crippen LogP contribution is 2.47. The second-order valence-corrected chi connectivity index (χ2v) is 9.51. The van der Waals surface area contributed by atoms with Crippen molar-refractivity contribution in [2.24, 2.45) is 5.92 Å². The van der Waals surface area contributed by atoms with Gasteiger partial charge in [0.05, 0.1) is 11.5 Å². The van der Waals surface area contributed by atoms with Gasteiger partial charge in [0, 0.05) is 50.4 Å². The number of carbonyl (C=O) groups excluding carboxylic acids is 1. The maximum atomic E-state index is 12.0. The summed E-state index contributed by atoms with van der Waals surface area (Å²) in [6.45, 7) is 10.4. The lowest BCUT2D eigenvalue weighted by molar-refractivity contribution is -0.0425. The molecule has 2 aliphatic heterocycles. The van der Waals surface area contributed by atoms with Crippen LogP contribution in [0.5, 0.6) is 0 Å². The van der Waals surface area contributed by atoms with E-state index in [-0.39, 0.29) is 11.5 Å². The van der Waals surface area contributed by atoms with Gasteiger partial charge in [-0.1, -0.05) is 12.1 Å². The molecular formula is C22H30N4O2. The number of nitriles is 1. The van der Waals surface area contributed by atoms with Crippen LogP contribution in [0.3, 0.4) is 0 Å². The molecule has 1 N–H and O–H groups in total. The van der Waals surface area contributed by atoms with Crippen molar-refractivity contribution in [1.29, 1.82) is 5.26 Å². The molecule has 3 fully saturated rings. The zero-order valence-corrected chi connectivity index (χ0v) is 17.1. The molecule has 150 valence electrons. The highest BCUT2D eigenvalue weighted by Gasteiger charge is 2.45. The molecule has 6 heteroatoms. The van der Waals surface area contributed by atoms with Crippen LogP contribution >= 0.6 is 0 Å². The van der Waals surface area contributed by atoms with Gasteiger partial charge in [0.2, 0.25) is 0 Å². The van der Waals surface area contributed by atoms with E-state index < -0.39 is 5.60 Å². The number of hydrogen-bond acceptors (Lipinski definition) is 5. The SMILES string of the molecule is CC(C)(C)OC(=O)N1CC(N2CC(CNc3ccc(C4(C#N)CC4)cc3)C2)C1. The average molecular weight is 383 g/mol. The van der Waals surface area contributed by atoms with Crippen molar-refractivity contribution in [2.45, 2.75) is 50.7 Å². The third-order valence-electron chi connectivity index (χ3n) is 6.01. The van der Waals surface area contributed by atoms with Gasteiger partial charge in [-0.2, -0.15) is 5.26 Å². The first-order chi connectivity index (χ1) is 13.3. The van der Waals surface area contributed by atoms with Crippen molar-refractivity contribution in [3.05, 3.63) is 29.8 Å². The van der Waals surface area contributed by atoms with Crippen LogP contribution < -0.4 is 5.32 Å². The summed E-state index contributed by atoms with van der Waals surface area (Å²) < 4.78 is 5.41. The topological polar surface area (TPSA) is 68.6 Å². The maximum Gasteiger partial charge on any atom is 0.410 e. The Bertz CT molecular complexity index is 761. The molecule has 0 aromatic heterocycles. The predicted octanol–water partition coefficient (Wildman–Crippen LogP) is 3.20. The molecule has 2 heterocycles. The van der Waals surface area contributed by atoms with Crippen molar-refractivity contribution in [1.82, 2.24) is 9.80 Å². The smallest absolute Gasteiger partial charge is 0.410 e. The number of nitrogens with zero attached hydrogens (tertiary/aromatic N) is 3. The van der Waals surface area contributed by atoms with E-state index in [1.54, 1.807) is 4.90 Å². The standard InChI is InChI=1S/C22H30N4O2/c1-21(2,3)28-20(27)26-13-19(14-26)25-11-16(12-25)10-24-18-6-4-17(5-7-18)22(15-23)8-9-22/h4-7,16,19,24H,8-14H2,1-3H3. The fourth-order valence-electron chi connectivity index (χ4n) is 3.96. The van der Waals surface area contributed by atoms with Gasteiger partial charge in [-0.15, -0.1) is 0 Å². The van der Waals surface area contributed by atoms with Crippen molar-refractivity contribution >= 4 is 11.8 Å². The van der Waals surface area contributed by atoms with E-state index in [1.165, 1.54) is 0 Å². The fourth-order valence-corrected chi connectivity index (χ4v) is 3.96. The van der Waals surface area contributed by atoms with Gasteiger partial charge in [0.25, 0.3) is 0 Å². The highest BCUT2D eigenvalue weighted by molar-refractivity contribution is 5.69. The molecule has 0 radical (unpaired) electrons. The van der Waals surface area contributed by atoms with Crippen LogP contribution in [-0.4, -0.2) is 60.3 Å². The molecular weight excluding hydrogens is 352 g/mol. The van der Waals surface area contributed by atoms with E-state index in [0.29, 0.717) is 12.0 Å². The van der Waals surface area contributed by atoms with Crippen molar-refractivity contribution < 1.29 is 9.53 Å². The van der Waals surface area contributed by atoms with Crippen LogP contribution in [0.1, 0.15) is 39.2 Å². The van der Waals surface area contributed by atoms with Crippen LogP contribution in [0.2, 0.25) is 0 Å².